The molecule has 0 saturated heterocycles. The zero-order valence-electron chi connectivity index (χ0n) is 10.1. The Balaban J connectivity index is 0.00000121. The molecule has 0 radical (unpaired) electrons. The smallest absolute Gasteiger partial charge is 0.356 e. The number of rotatable bonds is 2. The van der Waals surface area contributed by atoms with Crippen LogP contribution in [0.1, 0.15) is 34.8 Å². The summed E-state index contributed by atoms with van der Waals surface area (Å²) in [4.78, 5) is 26.1. The van der Waals surface area contributed by atoms with Gasteiger partial charge in [0.1, 0.15) is 11.4 Å². The first-order valence-corrected chi connectivity index (χ1v) is 5.72. The first-order valence-electron chi connectivity index (χ1n) is 4.92. The topological polar surface area (TPSA) is 65.5 Å². The zero-order chi connectivity index (χ0) is 13.4. The third kappa shape index (κ3) is 4.52. The largest absolute Gasteiger partial charge is 0.464 e. The van der Waals surface area contributed by atoms with Crippen molar-refractivity contribution in [1.82, 2.24) is 4.98 Å². The molecular formula is C11H14BrNO4. The van der Waals surface area contributed by atoms with Crippen LogP contribution in [-0.4, -0.2) is 31.1 Å². The van der Waals surface area contributed by atoms with Crippen LogP contribution < -0.4 is 0 Å². The standard InChI is InChI=1S/C9H8BrNO4.C2H6/c1-14-8(12)6-3-5(10)4-7(11-6)9(13)15-2;1-2/h3-4H,1-2H3;1-2H3. The Morgan fingerprint density at radius 2 is 1.41 bits per heavy atom. The maximum atomic E-state index is 11.2. The van der Waals surface area contributed by atoms with Crippen molar-refractivity contribution < 1.29 is 19.1 Å². The van der Waals surface area contributed by atoms with Gasteiger partial charge < -0.3 is 9.47 Å². The summed E-state index contributed by atoms with van der Waals surface area (Å²) in [6, 6.07) is 2.91. The molecule has 6 heteroatoms. The first-order chi connectivity index (χ1) is 8.08. The van der Waals surface area contributed by atoms with Crippen molar-refractivity contribution in [2.45, 2.75) is 13.8 Å². The molecule has 0 aliphatic carbocycles. The summed E-state index contributed by atoms with van der Waals surface area (Å²) in [5.41, 5.74) is 0.0968. The van der Waals surface area contributed by atoms with Gasteiger partial charge in [-0.25, -0.2) is 14.6 Å². The number of hydrogen-bond acceptors (Lipinski definition) is 5. The first kappa shape index (κ1) is 15.6. The Hall–Kier alpha value is -1.43. The molecule has 0 spiro atoms. The molecule has 1 heterocycles. The second kappa shape index (κ2) is 7.78. The van der Waals surface area contributed by atoms with E-state index in [4.69, 9.17) is 0 Å². The molecule has 1 aromatic rings. The number of carbonyl (C=O) groups excluding carboxylic acids is 2. The SMILES string of the molecule is CC.COC(=O)c1cc(Br)cc(C(=O)OC)n1. The van der Waals surface area contributed by atoms with E-state index in [0.717, 1.165) is 0 Å². The van der Waals surface area contributed by atoms with E-state index >= 15 is 0 Å². The number of esters is 2. The molecule has 0 N–H and O–H groups in total. The maximum absolute atomic E-state index is 11.2. The Morgan fingerprint density at radius 3 is 1.71 bits per heavy atom. The second-order valence-electron chi connectivity index (χ2n) is 2.54. The van der Waals surface area contributed by atoms with Gasteiger partial charge in [0.25, 0.3) is 0 Å². The van der Waals surface area contributed by atoms with Gasteiger partial charge in [0.05, 0.1) is 14.2 Å². The molecule has 0 aliphatic heterocycles. The molecule has 0 aliphatic rings. The van der Waals surface area contributed by atoms with Crippen LogP contribution >= 0.6 is 15.9 Å². The fraction of sp³-hybridized carbons (Fsp3) is 0.364. The van der Waals surface area contributed by atoms with Crippen LogP contribution in [-0.2, 0) is 9.47 Å². The van der Waals surface area contributed by atoms with Crippen molar-refractivity contribution in [3.63, 3.8) is 0 Å². The predicted molar refractivity (Wildman–Crippen MR) is 66.0 cm³/mol. The monoisotopic (exact) mass is 303 g/mol. The molecule has 0 saturated carbocycles. The molecule has 0 bridgehead atoms. The minimum absolute atomic E-state index is 0.0484. The van der Waals surface area contributed by atoms with Gasteiger partial charge in [-0.1, -0.05) is 29.8 Å². The quantitative estimate of drug-likeness (QED) is 0.785. The number of nitrogens with zero attached hydrogens (tertiary/aromatic N) is 1. The lowest BCUT2D eigenvalue weighted by atomic mass is 10.3. The summed E-state index contributed by atoms with van der Waals surface area (Å²) in [6.45, 7) is 4.00. The van der Waals surface area contributed by atoms with Crippen molar-refractivity contribution >= 4 is 27.9 Å². The van der Waals surface area contributed by atoms with E-state index in [9.17, 15) is 9.59 Å². The summed E-state index contributed by atoms with van der Waals surface area (Å²) < 4.78 is 9.52. The highest BCUT2D eigenvalue weighted by Gasteiger charge is 2.14. The summed E-state index contributed by atoms with van der Waals surface area (Å²) in [5.74, 6) is -1.22. The lowest BCUT2D eigenvalue weighted by Crippen LogP contribution is -2.10. The molecular weight excluding hydrogens is 290 g/mol. The Morgan fingerprint density at radius 1 is 1.06 bits per heavy atom. The van der Waals surface area contributed by atoms with Crippen LogP contribution in [0.5, 0.6) is 0 Å². The van der Waals surface area contributed by atoms with Gasteiger partial charge in [-0.2, -0.15) is 0 Å². The molecule has 0 unspecified atom stereocenters. The minimum atomic E-state index is -0.610. The van der Waals surface area contributed by atoms with Crippen molar-refractivity contribution in [3.8, 4) is 0 Å². The number of pyridine rings is 1. The second-order valence-corrected chi connectivity index (χ2v) is 3.45. The number of aromatic nitrogens is 1. The van der Waals surface area contributed by atoms with Crippen LogP contribution in [0.3, 0.4) is 0 Å². The number of methoxy groups -OCH3 is 2. The highest BCUT2D eigenvalue weighted by atomic mass is 79.9. The Labute approximate surface area is 108 Å². The minimum Gasteiger partial charge on any atom is -0.464 e. The number of hydrogen-bond donors (Lipinski definition) is 0. The van der Waals surface area contributed by atoms with Gasteiger partial charge in [-0.05, 0) is 12.1 Å². The number of halogens is 1. The van der Waals surface area contributed by atoms with Gasteiger partial charge in [0, 0.05) is 4.47 Å². The third-order valence-electron chi connectivity index (χ3n) is 1.58. The fourth-order valence-corrected chi connectivity index (χ4v) is 1.35. The Bertz CT molecular complexity index is 372. The van der Waals surface area contributed by atoms with Crippen LogP contribution in [0.15, 0.2) is 16.6 Å². The van der Waals surface area contributed by atoms with E-state index in [2.05, 4.69) is 30.4 Å². The van der Waals surface area contributed by atoms with Gasteiger partial charge in [-0.15, -0.1) is 0 Å². The molecule has 0 aromatic carbocycles. The van der Waals surface area contributed by atoms with Crippen LogP contribution in [0.4, 0.5) is 0 Å². The van der Waals surface area contributed by atoms with E-state index in [-0.39, 0.29) is 11.4 Å². The average molecular weight is 304 g/mol. The van der Waals surface area contributed by atoms with Gasteiger partial charge in [-0.3, -0.25) is 0 Å². The molecule has 5 nitrogen and oxygen atoms in total. The summed E-state index contributed by atoms with van der Waals surface area (Å²) >= 11 is 3.15. The molecule has 17 heavy (non-hydrogen) atoms. The predicted octanol–water partition coefficient (Wildman–Crippen LogP) is 2.44. The van der Waals surface area contributed by atoms with E-state index in [0.29, 0.717) is 4.47 Å². The molecule has 1 aromatic heterocycles. The Kier molecular flexibility index (Phi) is 7.13. The van der Waals surface area contributed by atoms with Crippen LogP contribution in [0, 0.1) is 0 Å². The van der Waals surface area contributed by atoms with E-state index in [1.54, 1.807) is 0 Å². The summed E-state index contributed by atoms with van der Waals surface area (Å²) in [7, 11) is 2.48. The van der Waals surface area contributed by atoms with Crippen LogP contribution in [0.2, 0.25) is 0 Å². The van der Waals surface area contributed by atoms with Crippen molar-refractivity contribution in [1.29, 1.82) is 0 Å². The fourth-order valence-electron chi connectivity index (χ4n) is 0.915. The van der Waals surface area contributed by atoms with E-state index in [1.807, 2.05) is 13.8 Å². The van der Waals surface area contributed by atoms with Crippen molar-refractivity contribution in [2.75, 3.05) is 14.2 Å². The number of ether oxygens (including phenoxy) is 2. The molecule has 0 atom stereocenters. The molecule has 0 amide bonds. The number of carbonyl (C=O) groups is 2. The lowest BCUT2D eigenvalue weighted by Gasteiger charge is -2.02. The van der Waals surface area contributed by atoms with Gasteiger partial charge in [0.15, 0.2) is 0 Å². The average Bonchev–Trinajstić information content (AvgIpc) is 2.38. The molecule has 0 fully saturated rings. The zero-order valence-corrected chi connectivity index (χ0v) is 11.7. The normalized spacial score (nSPS) is 8.76. The van der Waals surface area contributed by atoms with Gasteiger partial charge in [0.2, 0.25) is 0 Å². The highest BCUT2D eigenvalue weighted by molar-refractivity contribution is 9.10. The van der Waals surface area contributed by atoms with Crippen molar-refractivity contribution in [3.05, 3.63) is 28.0 Å². The lowest BCUT2D eigenvalue weighted by molar-refractivity contribution is 0.0585. The van der Waals surface area contributed by atoms with E-state index in [1.165, 1.54) is 26.4 Å². The van der Waals surface area contributed by atoms with Gasteiger partial charge >= 0.3 is 11.9 Å². The van der Waals surface area contributed by atoms with Crippen LogP contribution in [0.25, 0.3) is 0 Å². The van der Waals surface area contributed by atoms with E-state index < -0.39 is 11.9 Å². The maximum Gasteiger partial charge on any atom is 0.356 e. The third-order valence-corrected chi connectivity index (χ3v) is 2.04. The molecule has 94 valence electrons. The molecule has 1 rings (SSSR count). The van der Waals surface area contributed by atoms with Crippen molar-refractivity contribution in [2.24, 2.45) is 0 Å². The summed E-state index contributed by atoms with van der Waals surface area (Å²) in [5, 5.41) is 0. The summed E-state index contributed by atoms with van der Waals surface area (Å²) in [6.07, 6.45) is 0. The highest BCUT2D eigenvalue weighted by Crippen LogP contribution is 2.14.